The highest BCUT2D eigenvalue weighted by molar-refractivity contribution is 7.21. The molecule has 0 bridgehead atoms. The van der Waals surface area contributed by atoms with Crippen molar-refractivity contribution in [3.8, 4) is 0 Å². The van der Waals surface area contributed by atoms with Crippen LogP contribution >= 0.6 is 22.9 Å². The monoisotopic (exact) mass is 406 g/mol. The molecule has 3 aromatic carbocycles. The van der Waals surface area contributed by atoms with Crippen LogP contribution in [0.2, 0.25) is 5.02 Å². The molecule has 0 saturated heterocycles. The number of carbonyl (C=O) groups is 2. The average Bonchev–Trinajstić information content (AvgIpc) is 3.20. The number of amides is 2. The first-order chi connectivity index (χ1) is 13.6. The predicted octanol–water partition coefficient (Wildman–Crippen LogP) is 5.94. The largest absolute Gasteiger partial charge is 0.321 e. The highest BCUT2D eigenvalue weighted by atomic mass is 35.5. The van der Waals surface area contributed by atoms with Gasteiger partial charge in [0.2, 0.25) is 0 Å². The lowest BCUT2D eigenvalue weighted by Crippen LogP contribution is -2.25. The number of halogens is 1. The topological polar surface area (TPSA) is 49.4 Å². The van der Waals surface area contributed by atoms with Gasteiger partial charge in [-0.05, 0) is 31.2 Å². The van der Waals surface area contributed by atoms with Crippen molar-refractivity contribution in [1.82, 2.24) is 0 Å². The van der Waals surface area contributed by atoms with Gasteiger partial charge in [-0.3, -0.25) is 9.59 Å². The molecule has 0 aliphatic carbocycles. The van der Waals surface area contributed by atoms with Crippen LogP contribution in [0.5, 0.6) is 0 Å². The van der Waals surface area contributed by atoms with Crippen molar-refractivity contribution in [1.29, 1.82) is 0 Å². The molecule has 1 N–H and O–H groups in total. The molecule has 1 aromatic heterocycles. The van der Waals surface area contributed by atoms with E-state index in [2.05, 4.69) is 5.32 Å². The lowest BCUT2D eigenvalue weighted by atomic mass is 10.0. The van der Waals surface area contributed by atoms with Crippen LogP contribution < -0.4 is 10.2 Å². The molecule has 4 aromatic rings. The third-order valence-corrected chi connectivity index (χ3v) is 6.76. The fourth-order valence-electron chi connectivity index (χ4n) is 3.81. The van der Waals surface area contributed by atoms with Crippen molar-refractivity contribution in [2.45, 2.75) is 6.92 Å². The van der Waals surface area contributed by atoms with E-state index >= 15 is 0 Å². The van der Waals surface area contributed by atoms with E-state index in [4.69, 9.17) is 11.6 Å². The van der Waals surface area contributed by atoms with Gasteiger partial charge in [-0.25, -0.2) is 0 Å². The van der Waals surface area contributed by atoms with Crippen molar-refractivity contribution in [3.05, 3.63) is 70.1 Å². The predicted molar refractivity (Wildman–Crippen MR) is 116 cm³/mol. The van der Waals surface area contributed by atoms with Gasteiger partial charge < -0.3 is 10.2 Å². The van der Waals surface area contributed by atoms with Crippen LogP contribution in [0.15, 0.2) is 54.6 Å². The highest BCUT2D eigenvalue weighted by Gasteiger charge is 2.29. The number of fused-ring (bicyclic) bond motifs is 1. The molecule has 1 aliphatic heterocycles. The van der Waals surface area contributed by atoms with Gasteiger partial charge in [0, 0.05) is 38.7 Å². The van der Waals surface area contributed by atoms with Crippen LogP contribution in [-0.4, -0.2) is 18.4 Å². The average molecular weight is 407 g/mol. The molecule has 6 heteroatoms. The minimum Gasteiger partial charge on any atom is -0.321 e. The van der Waals surface area contributed by atoms with Gasteiger partial charge in [0.15, 0.2) is 0 Å². The number of rotatable bonds is 3. The van der Waals surface area contributed by atoms with Gasteiger partial charge in [0.25, 0.3) is 11.8 Å². The normalized spacial score (nSPS) is 12.9. The van der Waals surface area contributed by atoms with Gasteiger partial charge in [0.1, 0.15) is 4.88 Å². The van der Waals surface area contributed by atoms with E-state index in [0.29, 0.717) is 27.7 Å². The van der Waals surface area contributed by atoms with Crippen LogP contribution in [0.25, 0.3) is 20.9 Å². The molecule has 0 fully saturated rings. The minimum absolute atomic E-state index is 0.000808. The smallest absolute Gasteiger partial charge is 0.267 e. The van der Waals surface area contributed by atoms with Gasteiger partial charge >= 0.3 is 0 Å². The van der Waals surface area contributed by atoms with E-state index in [1.54, 1.807) is 4.90 Å². The Hall–Kier alpha value is -2.89. The summed E-state index contributed by atoms with van der Waals surface area (Å²) in [6, 6.07) is 17.0. The number of hydrogen-bond acceptors (Lipinski definition) is 3. The van der Waals surface area contributed by atoms with Crippen molar-refractivity contribution in [2.24, 2.45) is 0 Å². The van der Waals surface area contributed by atoms with Gasteiger partial charge in [0.05, 0.1) is 10.7 Å². The van der Waals surface area contributed by atoms with E-state index in [1.165, 1.54) is 11.3 Å². The fraction of sp³-hybridized carbons (Fsp3) is 0.0909. The molecule has 138 valence electrons. The van der Waals surface area contributed by atoms with E-state index in [0.717, 1.165) is 26.5 Å². The second kappa shape index (κ2) is 6.33. The Labute approximate surface area is 170 Å². The third-order valence-electron chi connectivity index (χ3n) is 5.09. The summed E-state index contributed by atoms with van der Waals surface area (Å²) in [6.45, 7) is 2.56. The molecule has 2 heterocycles. The van der Waals surface area contributed by atoms with Gasteiger partial charge in [-0.2, -0.15) is 0 Å². The summed E-state index contributed by atoms with van der Waals surface area (Å²) in [5.74, 6) is -0.247. The van der Waals surface area contributed by atoms with Crippen LogP contribution in [0.4, 0.5) is 11.4 Å². The number of nitrogens with one attached hydrogen (secondary N) is 1. The van der Waals surface area contributed by atoms with E-state index in [-0.39, 0.29) is 11.8 Å². The standard InChI is InChI=1S/C22H15ClN2O2S/c1-2-25-16-11-10-15(12-7-5-8-14(18(12)16)22(25)27)24-21(26)20-19(23)13-6-3-4-9-17(13)28-20/h3-11H,2H2,1H3,(H,24,26). The van der Waals surface area contributed by atoms with Crippen LogP contribution in [-0.2, 0) is 0 Å². The molecule has 28 heavy (non-hydrogen) atoms. The number of hydrogen-bond donors (Lipinski definition) is 1. The quantitative estimate of drug-likeness (QED) is 0.457. The Bertz CT molecular complexity index is 1290. The second-order valence-electron chi connectivity index (χ2n) is 6.61. The third kappa shape index (κ3) is 2.37. The molecule has 0 radical (unpaired) electrons. The number of nitrogens with zero attached hydrogens (tertiary/aromatic N) is 1. The lowest BCUT2D eigenvalue weighted by molar-refractivity contribution is 0.0992. The number of carbonyl (C=O) groups excluding carboxylic acids is 2. The maximum Gasteiger partial charge on any atom is 0.267 e. The molecule has 0 unspecified atom stereocenters. The molecular formula is C22H15ClN2O2S. The zero-order valence-electron chi connectivity index (χ0n) is 15.0. The molecular weight excluding hydrogens is 392 g/mol. The maximum atomic E-state index is 13.0. The highest BCUT2D eigenvalue weighted by Crippen LogP contribution is 2.41. The Morgan fingerprint density at radius 1 is 1.07 bits per heavy atom. The zero-order valence-corrected chi connectivity index (χ0v) is 16.5. The van der Waals surface area contributed by atoms with Crippen molar-refractivity contribution in [2.75, 3.05) is 16.8 Å². The Kier molecular flexibility index (Phi) is 3.89. The lowest BCUT2D eigenvalue weighted by Gasteiger charge is -2.15. The van der Waals surface area contributed by atoms with Crippen LogP contribution in [0.3, 0.4) is 0 Å². The summed E-state index contributed by atoms with van der Waals surface area (Å²) in [7, 11) is 0. The van der Waals surface area contributed by atoms with Crippen molar-refractivity contribution >= 4 is 67.0 Å². The molecule has 2 amide bonds. The Morgan fingerprint density at radius 2 is 1.86 bits per heavy atom. The zero-order chi connectivity index (χ0) is 19.4. The first kappa shape index (κ1) is 17.2. The van der Waals surface area contributed by atoms with Crippen molar-refractivity contribution in [3.63, 3.8) is 0 Å². The first-order valence-corrected chi connectivity index (χ1v) is 10.2. The maximum absolute atomic E-state index is 13.0. The summed E-state index contributed by atoms with van der Waals surface area (Å²) in [5.41, 5.74) is 2.23. The summed E-state index contributed by atoms with van der Waals surface area (Å²) in [4.78, 5) is 27.8. The summed E-state index contributed by atoms with van der Waals surface area (Å²) >= 11 is 7.83. The SMILES string of the molecule is CCN1C(=O)c2cccc3c(NC(=O)c4sc5ccccc5c4Cl)ccc1c23. The molecule has 0 atom stereocenters. The number of benzene rings is 3. The number of thiophene rings is 1. The second-order valence-corrected chi connectivity index (χ2v) is 8.04. The molecule has 0 saturated carbocycles. The molecule has 1 aliphatic rings. The first-order valence-electron chi connectivity index (χ1n) is 8.96. The summed E-state index contributed by atoms with van der Waals surface area (Å²) in [6.07, 6.45) is 0. The molecule has 0 spiro atoms. The molecule has 4 nitrogen and oxygen atoms in total. The van der Waals surface area contributed by atoms with Crippen LogP contribution in [0, 0.1) is 0 Å². The Morgan fingerprint density at radius 3 is 2.64 bits per heavy atom. The summed E-state index contributed by atoms with van der Waals surface area (Å²) in [5, 5.41) is 6.07. The fourth-order valence-corrected chi connectivity index (χ4v) is 5.22. The van der Waals surface area contributed by atoms with Crippen LogP contribution in [0.1, 0.15) is 27.0 Å². The van der Waals surface area contributed by atoms with Gasteiger partial charge in [-0.15, -0.1) is 11.3 Å². The summed E-state index contributed by atoms with van der Waals surface area (Å²) < 4.78 is 0.974. The van der Waals surface area contributed by atoms with E-state index in [9.17, 15) is 9.59 Å². The Balaban J connectivity index is 1.60. The van der Waals surface area contributed by atoms with Crippen molar-refractivity contribution < 1.29 is 9.59 Å². The van der Waals surface area contributed by atoms with E-state index < -0.39 is 0 Å². The van der Waals surface area contributed by atoms with Gasteiger partial charge in [-0.1, -0.05) is 41.9 Å². The minimum atomic E-state index is -0.247. The number of anilines is 2. The van der Waals surface area contributed by atoms with E-state index in [1.807, 2.05) is 61.5 Å². The molecule has 5 rings (SSSR count).